The fourth-order valence-corrected chi connectivity index (χ4v) is 3.01. The van der Waals surface area contributed by atoms with E-state index in [0.29, 0.717) is 13.0 Å². The van der Waals surface area contributed by atoms with Crippen LogP contribution in [0.3, 0.4) is 0 Å². The number of nitrogens with one attached hydrogen (secondary N) is 1. The van der Waals surface area contributed by atoms with Gasteiger partial charge in [0.05, 0.1) is 13.0 Å². The van der Waals surface area contributed by atoms with Crippen molar-refractivity contribution in [3.05, 3.63) is 29.8 Å². The molecule has 4 nitrogen and oxygen atoms in total. The number of ether oxygens (including phenoxy) is 1. The number of hydrogen-bond acceptors (Lipinski definition) is 3. The number of rotatable bonds is 5. The molecule has 1 amide bonds. The van der Waals surface area contributed by atoms with Crippen molar-refractivity contribution < 1.29 is 22.7 Å². The number of alkyl halides is 3. The van der Waals surface area contributed by atoms with E-state index in [-0.39, 0.29) is 31.3 Å². The summed E-state index contributed by atoms with van der Waals surface area (Å²) < 4.78 is 43.8. The monoisotopic (exact) mass is 344 g/mol. The molecule has 1 heterocycles. The van der Waals surface area contributed by atoms with Crippen LogP contribution in [0.5, 0.6) is 5.75 Å². The van der Waals surface area contributed by atoms with Crippen molar-refractivity contribution in [1.29, 1.82) is 0 Å². The van der Waals surface area contributed by atoms with Gasteiger partial charge in [-0.2, -0.15) is 13.2 Å². The Hall–Kier alpha value is -1.76. The van der Waals surface area contributed by atoms with Gasteiger partial charge in [0, 0.05) is 12.6 Å². The molecule has 0 radical (unpaired) electrons. The highest BCUT2D eigenvalue weighted by Crippen LogP contribution is 2.30. The molecule has 7 heteroatoms. The lowest BCUT2D eigenvalue weighted by molar-refractivity contribution is -0.188. The predicted octanol–water partition coefficient (Wildman–Crippen LogP) is 2.77. The molecule has 1 fully saturated rings. The maximum atomic E-state index is 12.8. The van der Waals surface area contributed by atoms with Gasteiger partial charge in [0.2, 0.25) is 5.91 Å². The van der Waals surface area contributed by atoms with E-state index in [1.807, 2.05) is 19.1 Å². The Morgan fingerprint density at radius 3 is 2.50 bits per heavy atom. The zero-order valence-corrected chi connectivity index (χ0v) is 13.9. The van der Waals surface area contributed by atoms with Crippen molar-refractivity contribution in [3.8, 4) is 5.75 Å². The second-order valence-electron chi connectivity index (χ2n) is 6.09. The molecule has 2 atom stereocenters. The third-order valence-corrected chi connectivity index (χ3v) is 4.17. The molecule has 0 aliphatic carbocycles. The van der Waals surface area contributed by atoms with Crippen LogP contribution in [0, 0.1) is 0 Å². The summed E-state index contributed by atoms with van der Waals surface area (Å²) in [6, 6.07) is 5.57. The topological polar surface area (TPSA) is 41.6 Å². The van der Waals surface area contributed by atoms with Crippen molar-refractivity contribution in [2.45, 2.75) is 44.4 Å². The van der Waals surface area contributed by atoms with Crippen molar-refractivity contribution >= 4 is 5.91 Å². The first-order valence-electron chi connectivity index (χ1n) is 8.07. The fraction of sp³-hybridized carbons (Fsp3) is 0.588. The number of piperidine rings is 1. The Balaban J connectivity index is 1.83. The van der Waals surface area contributed by atoms with Crippen LogP contribution >= 0.6 is 0 Å². The summed E-state index contributed by atoms with van der Waals surface area (Å²) in [5.74, 6) is 0.566. The summed E-state index contributed by atoms with van der Waals surface area (Å²) >= 11 is 0. The van der Waals surface area contributed by atoms with Gasteiger partial charge in [0.1, 0.15) is 11.8 Å². The van der Waals surface area contributed by atoms with E-state index in [1.54, 1.807) is 12.1 Å². The highest BCUT2D eigenvalue weighted by atomic mass is 19.4. The number of benzene rings is 1. The zero-order chi connectivity index (χ0) is 17.7. The minimum atomic E-state index is -4.22. The first-order valence-corrected chi connectivity index (χ1v) is 8.07. The van der Waals surface area contributed by atoms with Crippen LogP contribution in [0.4, 0.5) is 13.2 Å². The van der Waals surface area contributed by atoms with Gasteiger partial charge in [-0.15, -0.1) is 0 Å². The Morgan fingerprint density at radius 2 is 1.96 bits per heavy atom. The van der Waals surface area contributed by atoms with Gasteiger partial charge in [0.25, 0.3) is 0 Å². The molecule has 0 spiro atoms. The number of nitrogens with zero attached hydrogens (tertiary/aromatic N) is 1. The van der Waals surface area contributed by atoms with Crippen LogP contribution in [0.1, 0.15) is 25.3 Å². The van der Waals surface area contributed by atoms with Crippen LogP contribution in [-0.2, 0) is 11.2 Å². The normalized spacial score (nSPS) is 22.2. The molecule has 1 saturated heterocycles. The third kappa shape index (κ3) is 5.12. The van der Waals surface area contributed by atoms with E-state index in [9.17, 15) is 18.0 Å². The van der Waals surface area contributed by atoms with Gasteiger partial charge in [-0.05, 0) is 44.5 Å². The van der Waals surface area contributed by atoms with E-state index in [1.165, 1.54) is 11.9 Å². The second-order valence-corrected chi connectivity index (χ2v) is 6.09. The zero-order valence-electron chi connectivity index (χ0n) is 13.9. The maximum absolute atomic E-state index is 12.8. The van der Waals surface area contributed by atoms with Gasteiger partial charge in [-0.1, -0.05) is 12.1 Å². The molecule has 1 aromatic carbocycles. The van der Waals surface area contributed by atoms with E-state index >= 15 is 0 Å². The first-order chi connectivity index (χ1) is 11.3. The minimum Gasteiger partial charge on any atom is -0.494 e. The number of hydrogen-bond donors (Lipinski definition) is 1. The molecular weight excluding hydrogens is 321 g/mol. The summed E-state index contributed by atoms with van der Waals surface area (Å²) in [5, 5.41) is 2.83. The standard InChI is InChI=1S/C17H23F3N2O2/c1-3-24-14-7-4-12(5-8-14)10-16(23)21-13-6-9-15(17(18,19)20)22(2)11-13/h4-5,7-8,13,15H,3,6,9-11H2,1-2H3,(H,21,23)/t13-,15+/m0/s1. The molecule has 0 aromatic heterocycles. The summed E-state index contributed by atoms with van der Waals surface area (Å²) in [5.41, 5.74) is 0.841. The first kappa shape index (κ1) is 18.6. The van der Waals surface area contributed by atoms with Crippen molar-refractivity contribution in [1.82, 2.24) is 10.2 Å². The quantitative estimate of drug-likeness (QED) is 0.893. The molecule has 1 N–H and O–H groups in total. The van der Waals surface area contributed by atoms with Gasteiger partial charge < -0.3 is 10.1 Å². The van der Waals surface area contributed by atoms with E-state index in [4.69, 9.17) is 4.74 Å². The molecule has 1 aliphatic rings. The Bertz CT molecular complexity index is 546. The number of amides is 1. The molecule has 1 aromatic rings. The van der Waals surface area contributed by atoms with Crippen LogP contribution in [0.15, 0.2) is 24.3 Å². The van der Waals surface area contributed by atoms with E-state index < -0.39 is 12.2 Å². The highest BCUT2D eigenvalue weighted by Gasteiger charge is 2.44. The van der Waals surface area contributed by atoms with Gasteiger partial charge >= 0.3 is 6.18 Å². The Morgan fingerprint density at radius 1 is 1.29 bits per heavy atom. The van der Waals surface area contributed by atoms with Gasteiger partial charge in [-0.25, -0.2) is 0 Å². The number of likely N-dealkylation sites (N-methyl/N-ethyl adjacent to an activating group) is 1. The molecule has 0 bridgehead atoms. The highest BCUT2D eigenvalue weighted by molar-refractivity contribution is 5.78. The average molecular weight is 344 g/mol. The molecule has 0 unspecified atom stereocenters. The summed E-state index contributed by atoms with van der Waals surface area (Å²) in [6.07, 6.45) is -3.67. The SMILES string of the molecule is CCOc1ccc(CC(=O)N[C@H]2CC[C@H](C(F)(F)F)N(C)C2)cc1. The molecular formula is C17H23F3N2O2. The average Bonchev–Trinajstić information content (AvgIpc) is 2.48. The third-order valence-electron chi connectivity index (χ3n) is 4.17. The van der Waals surface area contributed by atoms with Crippen LogP contribution in [0.2, 0.25) is 0 Å². The number of carbonyl (C=O) groups is 1. The predicted molar refractivity (Wildman–Crippen MR) is 85.0 cm³/mol. The summed E-state index contributed by atoms with van der Waals surface area (Å²) in [4.78, 5) is 13.4. The number of likely N-dealkylation sites (tertiary alicyclic amines) is 1. The molecule has 1 aliphatic heterocycles. The van der Waals surface area contributed by atoms with E-state index in [2.05, 4.69) is 5.32 Å². The molecule has 2 rings (SSSR count). The minimum absolute atomic E-state index is 0.00794. The summed E-state index contributed by atoms with van der Waals surface area (Å²) in [7, 11) is 1.45. The summed E-state index contributed by atoms with van der Waals surface area (Å²) in [6.45, 7) is 2.68. The molecule has 134 valence electrons. The van der Waals surface area contributed by atoms with Crippen LogP contribution in [-0.4, -0.2) is 49.3 Å². The Kier molecular flexibility index (Phi) is 6.10. The van der Waals surface area contributed by atoms with Crippen LogP contribution in [0.25, 0.3) is 0 Å². The van der Waals surface area contributed by atoms with Gasteiger partial charge in [0.15, 0.2) is 0 Å². The number of carbonyl (C=O) groups excluding carboxylic acids is 1. The van der Waals surface area contributed by atoms with Crippen LogP contribution < -0.4 is 10.1 Å². The maximum Gasteiger partial charge on any atom is 0.404 e. The second kappa shape index (κ2) is 7.88. The number of halogens is 3. The molecule has 0 saturated carbocycles. The van der Waals surface area contributed by atoms with Crippen molar-refractivity contribution in [2.24, 2.45) is 0 Å². The van der Waals surface area contributed by atoms with Crippen molar-refractivity contribution in [3.63, 3.8) is 0 Å². The molecule has 24 heavy (non-hydrogen) atoms. The fourth-order valence-electron chi connectivity index (χ4n) is 3.01. The lowest BCUT2D eigenvalue weighted by atomic mass is 9.98. The van der Waals surface area contributed by atoms with Crippen molar-refractivity contribution in [2.75, 3.05) is 20.2 Å². The Labute approximate surface area is 140 Å². The lowest BCUT2D eigenvalue weighted by Crippen LogP contribution is -2.54. The lowest BCUT2D eigenvalue weighted by Gasteiger charge is -2.38. The van der Waals surface area contributed by atoms with Gasteiger partial charge in [-0.3, -0.25) is 9.69 Å². The smallest absolute Gasteiger partial charge is 0.404 e. The van der Waals surface area contributed by atoms with E-state index in [0.717, 1.165) is 11.3 Å². The largest absolute Gasteiger partial charge is 0.494 e.